The van der Waals surface area contributed by atoms with Crippen molar-refractivity contribution < 1.29 is 54.5 Å². The second-order valence-corrected chi connectivity index (χ2v) is 1.91. The molecule has 0 fully saturated rings. The normalized spacial score (nSPS) is 16.2. The molecule has 0 amide bonds. The molecule has 0 spiro atoms. The van der Waals surface area contributed by atoms with Gasteiger partial charge in [-0.2, -0.15) is 0 Å². The molecule has 0 bridgehead atoms. The summed E-state index contributed by atoms with van der Waals surface area (Å²) in [6, 6.07) is 0. The first kappa shape index (κ1) is 29.2. The minimum absolute atomic E-state index is 0. The van der Waals surface area contributed by atoms with Crippen LogP contribution in [0.3, 0.4) is 0 Å². The summed E-state index contributed by atoms with van der Waals surface area (Å²) in [6.07, 6.45) is 3.92. The molecule has 76 valence electrons. The third kappa shape index (κ3) is 9.37. The van der Waals surface area contributed by atoms with Gasteiger partial charge in [0.2, 0.25) is 5.84 Å². The van der Waals surface area contributed by atoms with Crippen molar-refractivity contribution in [3.63, 3.8) is 0 Å². The minimum Gasteiger partial charge on any atom is -1.00 e. The minimum atomic E-state index is 0. The fourth-order valence-corrected chi connectivity index (χ4v) is 0.816. The van der Waals surface area contributed by atoms with Crippen LogP contribution in [0.2, 0.25) is 0 Å². The van der Waals surface area contributed by atoms with E-state index in [0.717, 1.165) is 6.54 Å². The van der Waals surface area contributed by atoms with Crippen LogP contribution in [-0.2, 0) is 0 Å². The smallest absolute Gasteiger partial charge is 1.00 e. The zero-order valence-electron chi connectivity index (χ0n) is 7.40. The summed E-state index contributed by atoms with van der Waals surface area (Å²) in [5.41, 5.74) is 0. The molecule has 0 aromatic rings. The second-order valence-electron chi connectivity index (χ2n) is 1.91. The predicted octanol–water partition coefficient (Wildman–Crippen LogP) is -12.6. The van der Waals surface area contributed by atoms with Crippen molar-refractivity contribution in [3.8, 4) is 0 Å². The molecular formula is C6H11AlCl4N2. The Morgan fingerprint density at radius 3 is 1.85 bits per heavy atom. The quantitative estimate of drug-likeness (QED) is 0.460. The molecule has 1 atom stereocenters. The Kier molecular flexibility index (Phi) is 34.9. The van der Waals surface area contributed by atoms with E-state index in [4.69, 9.17) is 0 Å². The molecule has 0 aromatic heterocycles. The van der Waals surface area contributed by atoms with Gasteiger partial charge >= 0.3 is 17.4 Å². The Bertz CT molecular complexity index is 152. The number of aliphatic imine (C=N–C) groups is 1. The molecule has 13 heavy (non-hydrogen) atoms. The van der Waals surface area contributed by atoms with Gasteiger partial charge in [-0.15, -0.1) is 0 Å². The number of halogens is 4. The van der Waals surface area contributed by atoms with E-state index in [1.807, 2.05) is 13.1 Å². The number of nitrogens with zero attached hydrogens (tertiary/aromatic N) is 1. The number of amidine groups is 1. The molecule has 1 heterocycles. The van der Waals surface area contributed by atoms with Gasteiger partial charge in [-0.05, 0) is 6.92 Å². The van der Waals surface area contributed by atoms with E-state index < -0.39 is 0 Å². The van der Waals surface area contributed by atoms with Crippen LogP contribution in [0.5, 0.6) is 0 Å². The first-order chi connectivity index (χ1) is 3.84. The monoisotopic (exact) mass is 278 g/mol. The molecule has 1 rings (SSSR count). The SMILES string of the molecule is CC[NH+]1C=CN=C1C.[Al+3].[Cl-].[Cl-].[Cl-].[Cl-]. The predicted molar refractivity (Wildman–Crippen MR) is 39.5 cm³/mol. The van der Waals surface area contributed by atoms with E-state index in [-0.39, 0.29) is 67.0 Å². The molecule has 0 radical (unpaired) electrons. The van der Waals surface area contributed by atoms with E-state index in [1.54, 1.807) is 0 Å². The van der Waals surface area contributed by atoms with Crippen LogP contribution in [0.1, 0.15) is 13.8 Å². The van der Waals surface area contributed by atoms with E-state index in [0.29, 0.717) is 0 Å². The number of nitrogens with one attached hydrogen (secondary N) is 1. The number of hydrogen-bond acceptors (Lipinski definition) is 1. The average molecular weight is 280 g/mol. The molecule has 0 saturated carbocycles. The van der Waals surface area contributed by atoms with Crippen LogP contribution in [0.25, 0.3) is 0 Å². The van der Waals surface area contributed by atoms with Crippen LogP contribution in [0.15, 0.2) is 17.4 Å². The summed E-state index contributed by atoms with van der Waals surface area (Å²) in [7, 11) is 0. The van der Waals surface area contributed by atoms with Gasteiger partial charge in [-0.1, -0.05) is 0 Å². The molecule has 7 heteroatoms. The van der Waals surface area contributed by atoms with Crippen LogP contribution in [0, 0.1) is 0 Å². The van der Waals surface area contributed by atoms with E-state index in [9.17, 15) is 0 Å². The zero-order valence-corrected chi connectivity index (χ0v) is 11.6. The van der Waals surface area contributed by atoms with Gasteiger partial charge in [-0.25, -0.2) is 4.99 Å². The maximum atomic E-state index is 4.09. The fourth-order valence-electron chi connectivity index (χ4n) is 0.816. The maximum Gasteiger partial charge on any atom is 3.00 e. The molecule has 0 aromatic carbocycles. The molecule has 1 unspecified atom stereocenters. The van der Waals surface area contributed by atoms with Gasteiger partial charge in [-0.3, -0.25) is 4.90 Å². The fraction of sp³-hybridized carbons (Fsp3) is 0.500. The summed E-state index contributed by atoms with van der Waals surface area (Å²) < 4.78 is 0. The van der Waals surface area contributed by atoms with E-state index in [2.05, 4.69) is 18.1 Å². The molecule has 0 saturated heterocycles. The van der Waals surface area contributed by atoms with E-state index >= 15 is 0 Å². The topological polar surface area (TPSA) is 16.8 Å². The molecule has 1 aliphatic heterocycles. The third-order valence-corrected chi connectivity index (χ3v) is 1.39. The van der Waals surface area contributed by atoms with Crippen molar-refractivity contribution in [1.29, 1.82) is 0 Å². The van der Waals surface area contributed by atoms with E-state index in [1.165, 1.54) is 10.7 Å². The Hall–Kier alpha value is 1.06. The largest absolute Gasteiger partial charge is 3.00 e. The summed E-state index contributed by atoms with van der Waals surface area (Å²) in [5.74, 6) is 1.17. The summed E-state index contributed by atoms with van der Waals surface area (Å²) in [5, 5.41) is 0. The van der Waals surface area contributed by atoms with Crippen molar-refractivity contribution in [3.05, 3.63) is 12.4 Å². The van der Waals surface area contributed by atoms with Crippen LogP contribution in [-0.4, -0.2) is 29.7 Å². The summed E-state index contributed by atoms with van der Waals surface area (Å²) in [4.78, 5) is 5.45. The molecule has 0 aliphatic carbocycles. The van der Waals surface area contributed by atoms with Crippen LogP contribution in [0.4, 0.5) is 0 Å². The standard InChI is InChI=1S/C6H10N2.Al.4ClH/c1-3-8-5-4-7-6(8)2;;;;;/h4-5H,3H2,1-2H3;;4*1H/q;+3;;;;/p-3. The molecule has 1 N–H and O–H groups in total. The Balaban J connectivity index is -0.0000000427. The Morgan fingerprint density at radius 2 is 1.69 bits per heavy atom. The molecular weight excluding hydrogens is 269 g/mol. The van der Waals surface area contributed by atoms with Gasteiger partial charge in [0.1, 0.15) is 6.20 Å². The first-order valence-electron chi connectivity index (χ1n) is 2.91. The Morgan fingerprint density at radius 1 is 1.23 bits per heavy atom. The van der Waals surface area contributed by atoms with Gasteiger partial charge in [0.25, 0.3) is 0 Å². The van der Waals surface area contributed by atoms with Crippen molar-refractivity contribution in [1.82, 2.24) is 0 Å². The van der Waals surface area contributed by atoms with Gasteiger partial charge in [0.05, 0.1) is 12.7 Å². The molecule has 2 nitrogen and oxygen atoms in total. The van der Waals surface area contributed by atoms with Crippen molar-refractivity contribution in [2.45, 2.75) is 13.8 Å². The maximum absolute atomic E-state index is 4.09. The zero-order chi connectivity index (χ0) is 5.98. The van der Waals surface area contributed by atoms with Gasteiger partial charge < -0.3 is 49.6 Å². The third-order valence-electron chi connectivity index (χ3n) is 1.39. The number of quaternary nitrogens is 1. The Labute approximate surface area is 115 Å². The van der Waals surface area contributed by atoms with Gasteiger partial charge in [0, 0.05) is 6.92 Å². The number of rotatable bonds is 1. The second kappa shape index (κ2) is 15.5. The summed E-state index contributed by atoms with van der Waals surface area (Å²) >= 11 is 0. The number of hydrogen-bond donors (Lipinski definition) is 1. The van der Waals surface area contributed by atoms with Crippen LogP contribution >= 0.6 is 0 Å². The van der Waals surface area contributed by atoms with Crippen molar-refractivity contribution in [2.24, 2.45) is 4.99 Å². The van der Waals surface area contributed by atoms with Crippen molar-refractivity contribution >= 4 is 23.2 Å². The van der Waals surface area contributed by atoms with Gasteiger partial charge in [0.15, 0.2) is 0 Å². The average Bonchev–Trinajstić information content (AvgIpc) is 2.14. The van der Waals surface area contributed by atoms with Crippen LogP contribution < -0.4 is 54.5 Å². The summed E-state index contributed by atoms with van der Waals surface area (Å²) in [6.45, 7) is 5.29. The first-order valence-corrected chi connectivity index (χ1v) is 2.91. The molecule has 1 aliphatic rings. The van der Waals surface area contributed by atoms with Crippen molar-refractivity contribution in [2.75, 3.05) is 6.54 Å².